The molecular formula is C34H20BrN3. The van der Waals surface area contributed by atoms with Crippen molar-refractivity contribution >= 4 is 65.1 Å². The van der Waals surface area contributed by atoms with E-state index < -0.39 is 0 Å². The molecule has 0 aliphatic heterocycles. The van der Waals surface area contributed by atoms with E-state index in [4.69, 9.17) is 9.97 Å². The second-order valence-electron chi connectivity index (χ2n) is 9.57. The zero-order valence-electron chi connectivity index (χ0n) is 20.3. The van der Waals surface area contributed by atoms with Crippen molar-refractivity contribution in [3.63, 3.8) is 0 Å². The minimum atomic E-state index is 0.893. The summed E-state index contributed by atoms with van der Waals surface area (Å²) in [6.45, 7) is 0. The first-order valence-electron chi connectivity index (χ1n) is 12.6. The SMILES string of the molecule is Brc1c2ccccc2c(-c2ccc(-c3nc4ccccc4c4nc5ccccc5n34)cc2)c2ccccc12. The maximum absolute atomic E-state index is 5.13. The Morgan fingerprint density at radius 3 is 1.68 bits per heavy atom. The minimum absolute atomic E-state index is 0.893. The molecule has 0 spiro atoms. The predicted octanol–water partition coefficient (Wildman–Crippen LogP) is 9.44. The number of fused-ring (bicyclic) bond motifs is 7. The van der Waals surface area contributed by atoms with Gasteiger partial charge in [-0.1, -0.05) is 97.1 Å². The molecule has 6 aromatic carbocycles. The molecule has 178 valence electrons. The summed E-state index contributed by atoms with van der Waals surface area (Å²) in [5, 5.41) is 5.95. The van der Waals surface area contributed by atoms with Crippen molar-refractivity contribution in [2.24, 2.45) is 0 Å². The monoisotopic (exact) mass is 549 g/mol. The fraction of sp³-hybridized carbons (Fsp3) is 0. The Morgan fingerprint density at radius 1 is 0.474 bits per heavy atom. The summed E-state index contributed by atoms with van der Waals surface area (Å²) in [4.78, 5) is 10.1. The molecule has 0 amide bonds. The average Bonchev–Trinajstić information content (AvgIpc) is 3.38. The average molecular weight is 550 g/mol. The van der Waals surface area contributed by atoms with E-state index in [2.05, 4.69) is 123 Å². The minimum Gasteiger partial charge on any atom is -0.276 e. The molecule has 0 atom stereocenters. The Bertz CT molecular complexity index is 2140. The van der Waals surface area contributed by atoms with Gasteiger partial charge in [-0.05, 0) is 72.9 Å². The normalized spacial score (nSPS) is 11.8. The summed E-state index contributed by atoms with van der Waals surface area (Å²) >= 11 is 3.87. The van der Waals surface area contributed by atoms with E-state index in [0.717, 1.165) is 43.4 Å². The molecule has 0 unspecified atom stereocenters. The van der Waals surface area contributed by atoms with Crippen molar-refractivity contribution in [2.45, 2.75) is 0 Å². The van der Waals surface area contributed by atoms with Crippen molar-refractivity contribution in [3.05, 3.63) is 126 Å². The number of para-hydroxylation sites is 3. The Morgan fingerprint density at radius 2 is 1.00 bits per heavy atom. The second kappa shape index (κ2) is 8.23. The lowest BCUT2D eigenvalue weighted by Gasteiger charge is -2.15. The van der Waals surface area contributed by atoms with Gasteiger partial charge in [-0.15, -0.1) is 0 Å². The van der Waals surface area contributed by atoms with Crippen LogP contribution in [-0.2, 0) is 0 Å². The van der Waals surface area contributed by atoms with Crippen LogP contribution in [0.3, 0.4) is 0 Å². The first-order chi connectivity index (χ1) is 18.8. The molecule has 0 aliphatic rings. The van der Waals surface area contributed by atoms with Gasteiger partial charge in [0.15, 0.2) is 0 Å². The standard InChI is InChI=1S/C34H20BrN3/c35-32-25-11-3-1-9-23(25)31(24-10-2-4-12-26(24)32)21-17-19-22(20-18-21)33-36-28-14-6-5-13-27(28)34-37-29-15-7-8-16-30(29)38(33)34/h1-20H. The summed E-state index contributed by atoms with van der Waals surface area (Å²) in [5.74, 6) is 0.893. The lowest BCUT2D eigenvalue weighted by Crippen LogP contribution is -1.98. The van der Waals surface area contributed by atoms with Gasteiger partial charge < -0.3 is 0 Å². The summed E-state index contributed by atoms with van der Waals surface area (Å²) in [7, 11) is 0. The zero-order valence-corrected chi connectivity index (χ0v) is 21.9. The molecule has 0 radical (unpaired) electrons. The summed E-state index contributed by atoms with van der Waals surface area (Å²) in [6, 6.07) is 42.5. The molecule has 0 saturated heterocycles. The third-order valence-corrected chi connectivity index (χ3v) is 8.30. The van der Waals surface area contributed by atoms with Gasteiger partial charge in [0.25, 0.3) is 0 Å². The number of halogens is 1. The van der Waals surface area contributed by atoms with Crippen LogP contribution in [0.4, 0.5) is 0 Å². The van der Waals surface area contributed by atoms with E-state index in [0.29, 0.717) is 0 Å². The van der Waals surface area contributed by atoms with Gasteiger partial charge >= 0.3 is 0 Å². The number of benzene rings is 6. The van der Waals surface area contributed by atoms with E-state index >= 15 is 0 Å². The van der Waals surface area contributed by atoms with Crippen LogP contribution in [0, 0.1) is 0 Å². The highest BCUT2D eigenvalue weighted by Crippen LogP contribution is 2.42. The first kappa shape index (κ1) is 21.5. The number of hydrogen-bond donors (Lipinski definition) is 0. The molecule has 0 fully saturated rings. The highest BCUT2D eigenvalue weighted by Gasteiger charge is 2.17. The number of aromatic nitrogens is 3. The quantitative estimate of drug-likeness (QED) is 0.201. The Hall–Kier alpha value is -4.54. The van der Waals surface area contributed by atoms with E-state index in [1.54, 1.807) is 0 Å². The topological polar surface area (TPSA) is 30.2 Å². The Kier molecular flexibility index (Phi) is 4.67. The summed E-state index contributed by atoms with van der Waals surface area (Å²) in [6.07, 6.45) is 0. The second-order valence-corrected chi connectivity index (χ2v) is 10.4. The van der Waals surface area contributed by atoms with Crippen molar-refractivity contribution < 1.29 is 0 Å². The van der Waals surface area contributed by atoms with Gasteiger partial charge in [0.2, 0.25) is 0 Å². The molecule has 8 aromatic rings. The number of rotatable bonds is 2. The highest BCUT2D eigenvalue weighted by atomic mass is 79.9. The van der Waals surface area contributed by atoms with Gasteiger partial charge in [0.05, 0.1) is 16.6 Å². The van der Waals surface area contributed by atoms with Crippen LogP contribution in [0.15, 0.2) is 126 Å². The first-order valence-corrected chi connectivity index (χ1v) is 13.4. The van der Waals surface area contributed by atoms with Crippen LogP contribution in [-0.4, -0.2) is 14.4 Å². The molecule has 2 heterocycles. The van der Waals surface area contributed by atoms with Crippen LogP contribution in [0.1, 0.15) is 0 Å². The number of imidazole rings is 1. The molecule has 2 aromatic heterocycles. The van der Waals surface area contributed by atoms with Gasteiger partial charge in [-0.2, -0.15) is 0 Å². The third-order valence-electron chi connectivity index (χ3n) is 7.44. The van der Waals surface area contributed by atoms with Crippen molar-refractivity contribution in [3.8, 4) is 22.5 Å². The molecule has 0 saturated carbocycles. The molecule has 8 rings (SSSR count). The molecule has 4 heteroatoms. The molecular weight excluding hydrogens is 530 g/mol. The van der Waals surface area contributed by atoms with Crippen LogP contribution in [0.2, 0.25) is 0 Å². The molecule has 3 nitrogen and oxygen atoms in total. The van der Waals surface area contributed by atoms with E-state index in [-0.39, 0.29) is 0 Å². The highest BCUT2D eigenvalue weighted by molar-refractivity contribution is 9.10. The third kappa shape index (κ3) is 3.07. The van der Waals surface area contributed by atoms with Crippen molar-refractivity contribution in [2.75, 3.05) is 0 Å². The maximum atomic E-state index is 5.13. The van der Waals surface area contributed by atoms with Crippen LogP contribution in [0.5, 0.6) is 0 Å². The van der Waals surface area contributed by atoms with Crippen LogP contribution >= 0.6 is 15.9 Å². The van der Waals surface area contributed by atoms with Crippen LogP contribution in [0.25, 0.3) is 71.6 Å². The largest absolute Gasteiger partial charge is 0.276 e. The smallest absolute Gasteiger partial charge is 0.149 e. The lowest BCUT2D eigenvalue weighted by molar-refractivity contribution is 1.16. The summed E-state index contributed by atoms with van der Waals surface area (Å²) in [5.41, 5.74) is 7.39. The molecule has 38 heavy (non-hydrogen) atoms. The lowest BCUT2D eigenvalue weighted by atomic mass is 9.91. The van der Waals surface area contributed by atoms with E-state index in [9.17, 15) is 0 Å². The zero-order chi connectivity index (χ0) is 25.2. The Labute approximate surface area is 227 Å². The van der Waals surface area contributed by atoms with Gasteiger partial charge in [-0.25, -0.2) is 9.97 Å². The molecule has 0 bridgehead atoms. The molecule has 0 aliphatic carbocycles. The van der Waals surface area contributed by atoms with Gasteiger partial charge in [0, 0.05) is 15.4 Å². The van der Waals surface area contributed by atoms with Crippen molar-refractivity contribution in [1.82, 2.24) is 14.4 Å². The fourth-order valence-electron chi connectivity index (χ4n) is 5.71. The summed E-state index contributed by atoms with van der Waals surface area (Å²) < 4.78 is 3.33. The predicted molar refractivity (Wildman–Crippen MR) is 162 cm³/mol. The molecule has 0 N–H and O–H groups in total. The van der Waals surface area contributed by atoms with Crippen LogP contribution < -0.4 is 0 Å². The van der Waals surface area contributed by atoms with E-state index in [1.807, 2.05) is 18.2 Å². The van der Waals surface area contributed by atoms with Crippen molar-refractivity contribution in [1.29, 1.82) is 0 Å². The fourth-order valence-corrected chi connectivity index (χ4v) is 6.40. The van der Waals surface area contributed by atoms with Gasteiger partial charge in [0.1, 0.15) is 11.5 Å². The Balaban J connectivity index is 1.39. The maximum Gasteiger partial charge on any atom is 0.149 e. The number of nitrogens with zero attached hydrogens (tertiary/aromatic N) is 3. The van der Waals surface area contributed by atoms with Gasteiger partial charge in [-0.3, -0.25) is 4.40 Å². The number of hydrogen-bond acceptors (Lipinski definition) is 2. The van der Waals surface area contributed by atoms with E-state index in [1.165, 1.54) is 32.7 Å².